The zero-order valence-electron chi connectivity index (χ0n) is 12.7. The van der Waals surface area contributed by atoms with Crippen molar-refractivity contribution in [1.82, 2.24) is 0 Å². The molecule has 1 aromatic carbocycles. The first-order valence-electron chi connectivity index (χ1n) is 7.29. The Morgan fingerprint density at radius 3 is 2.74 bits per heavy atom. The van der Waals surface area contributed by atoms with Gasteiger partial charge in [0.25, 0.3) is 0 Å². The molecule has 0 spiro atoms. The van der Waals surface area contributed by atoms with E-state index >= 15 is 0 Å². The van der Waals surface area contributed by atoms with Gasteiger partial charge in [0.15, 0.2) is 15.6 Å². The SMILES string of the molecule is CC1C=C(C(=O)CS(C)(=O)=O)c2cccc3c2C1=C1C=NN=C13. The van der Waals surface area contributed by atoms with Gasteiger partial charge < -0.3 is 0 Å². The number of fused-ring (bicyclic) bond motifs is 2. The molecule has 116 valence electrons. The van der Waals surface area contributed by atoms with Crippen LogP contribution < -0.4 is 0 Å². The van der Waals surface area contributed by atoms with Gasteiger partial charge in [-0.15, -0.1) is 5.10 Å². The van der Waals surface area contributed by atoms with Crippen LogP contribution in [-0.2, 0) is 14.6 Å². The fourth-order valence-electron chi connectivity index (χ4n) is 3.51. The summed E-state index contributed by atoms with van der Waals surface area (Å²) in [5, 5.41) is 8.19. The third-order valence-corrected chi connectivity index (χ3v) is 5.12. The van der Waals surface area contributed by atoms with Crippen LogP contribution in [0, 0.1) is 5.92 Å². The van der Waals surface area contributed by atoms with E-state index in [0.717, 1.165) is 39.8 Å². The molecule has 4 rings (SSSR count). The number of Topliss-reactive ketones (excluding diaryl/α,β-unsaturated/α-hetero) is 1. The van der Waals surface area contributed by atoms with Crippen LogP contribution >= 0.6 is 0 Å². The van der Waals surface area contributed by atoms with Crippen LogP contribution in [0.15, 0.2) is 40.1 Å². The van der Waals surface area contributed by atoms with Gasteiger partial charge in [0.05, 0.1) is 6.21 Å². The molecular weight excluding hydrogens is 312 g/mol. The van der Waals surface area contributed by atoms with Gasteiger partial charge >= 0.3 is 0 Å². The predicted octanol–water partition coefficient (Wildman–Crippen LogP) is 1.89. The van der Waals surface area contributed by atoms with Gasteiger partial charge in [-0.05, 0) is 16.7 Å². The van der Waals surface area contributed by atoms with Crippen molar-refractivity contribution in [2.75, 3.05) is 12.0 Å². The van der Waals surface area contributed by atoms with Crippen molar-refractivity contribution in [2.45, 2.75) is 6.92 Å². The van der Waals surface area contributed by atoms with E-state index in [1.54, 1.807) is 6.21 Å². The fraction of sp³-hybridized carbons (Fsp3) is 0.235. The molecule has 5 nitrogen and oxygen atoms in total. The maximum Gasteiger partial charge on any atom is 0.178 e. The molecule has 1 heterocycles. The first kappa shape index (κ1) is 14.3. The predicted molar refractivity (Wildman–Crippen MR) is 90.2 cm³/mol. The summed E-state index contributed by atoms with van der Waals surface area (Å²) in [6, 6.07) is 5.71. The zero-order chi connectivity index (χ0) is 16.4. The second kappa shape index (κ2) is 4.58. The molecular formula is C17H14N2O3S. The van der Waals surface area contributed by atoms with E-state index in [0.29, 0.717) is 5.57 Å². The third-order valence-electron chi connectivity index (χ3n) is 4.33. The van der Waals surface area contributed by atoms with Crippen LogP contribution in [0.4, 0.5) is 0 Å². The molecule has 0 saturated carbocycles. The minimum absolute atomic E-state index is 0.00871. The van der Waals surface area contributed by atoms with Crippen molar-refractivity contribution >= 4 is 38.7 Å². The highest BCUT2D eigenvalue weighted by Gasteiger charge is 2.37. The molecule has 0 bridgehead atoms. The summed E-state index contributed by atoms with van der Waals surface area (Å²) in [5.74, 6) is -0.817. The van der Waals surface area contributed by atoms with Gasteiger partial charge in [-0.2, -0.15) is 5.10 Å². The molecule has 1 aliphatic heterocycles. The Kier molecular flexibility index (Phi) is 2.84. The molecule has 0 aromatic heterocycles. The van der Waals surface area contributed by atoms with E-state index in [2.05, 4.69) is 10.2 Å². The second-order valence-corrected chi connectivity index (χ2v) is 8.25. The average Bonchev–Trinajstić information content (AvgIpc) is 3.02. The number of carbonyl (C=O) groups excluding carboxylic acids is 1. The van der Waals surface area contributed by atoms with Crippen molar-refractivity contribution in [1.29, 1.82) is 0 Å². The molecule has 2 aliphatic carbocycles. The third kappa shape index (κ3) is 2.05. The lowest BCUT2D eigenvalue weighted by Gasteiger charge is -2.23. The molecule has 0 radical (unpaired) electrons. The first-order valence-corrected chi connectivity index (χ1v) is 9.35. The van der Waals surface area contributed by atoms with Gasteiger partial charge in [-0.3, -0.25) is 4.79 Å². The number of allylic oxidation sites excluding steroid dienone is 4. The number of carbonyl (C=O) groups is 1. The quantitative estimate of drug-likeness (QED) is 0.851. The Morgan fingerprint density at radius 2 is 2.00 bits per heavy atom. The topological polar surface area (TPSA) is 75.9 Å². The minimum Gasteiger partial charge on any atom is -0.293 e. The van der Waals surface area contributed by atoms with Crippen LogP contribution in [0.1, 0.15) is 23.6 Å². The number of rotatable bonds is 3. The minimum atomic E-state index is -3.36. The van der Waals surface area contributed by atoms with E-state index in [4.69, 9.17) is 0 Å². The summed E-state index contributed by atoms with van der Waals surface area (Å²) in [6.45, 7) is 2.00. The second-order valence-electron chi connectivity index (χ2n) is 6.11. The molecule has 0 saturated heterocycles. The summed E-state index contributed by atoms with van der Waals surface area (Å²) in [7, 11) is -3.36. The molecule has 23 heavy (non-hydrogen) atoms. The van der Waals surface area contributed by atoms with Crippen molar-refractivity contribution in [3.05, 3.63) is 46.5 Å². The van der Waals surface area contributed by atoms with E-state index in [1.807, 2.05) is 31.2 Å². The van der Waals surface area contributed by atoms with Crippen molar-refractivity contribution in [3.63, 3.8) is 0 Å². The fourth-order valence-corrected chi connectivity index (χ4v) is 4.14. The van der Waals surface area contributed by atoms with E-state index < -0.39 is 15.6 Å². The van der Waals surface area contributed by atoms with E-state index in [-0.39, 0.29) is 11.7 Å². The number of benzene rings is 1. The molecule has 0 fully saturated rings. The highest BCUT2D eigenvalue weighted by atomic mass is 32.2. The lowest BCUT2D eigenvalue weighted by Crippen LogP contribution is -2.19. The van der Waals surface area contributed by atoms with Crippen LogP contribution in [0.5, 0.6) is 0 Å². The van der Waals surface area contributed by atoms with Crippen molar-refractivity contribution in [3.8, 4) is 0 Å². The molecule has 1 aromatic rings. The maximum atomic E-state index is 12.5. The molecule has 6 heteroatoms. The van der Waals surface area contributed by atoms with Gasteiger partial charge in [-0.25, -0.2) is 8.42 Å². The highest BCUT2D eigenvalue weighted by Crippen LogP contribution is 2.46. The number of nitrogens with zero attached hydrogens (tertiary/aromatic N) is 2. The lowest BCUT2D eigenvalue weighted by atomic mass is 9.80. The molecule has 1 atom stereocenters. The summed E-state index contributed by atoms with van der Waals surface area (Å²) in [4.78, 5) is 12.5. The largest absolute Gasteiger partial charge is 0.293 e. The Bertz CT molecular complexity index is 995. The van der Waals surface area contributed by atoms with Crippen LogP contribution in [0.3, 0.4) is 0 Å². The number of sulfone groups is 1. The molecule has 0 amide bonds. The average molecular weight is 326 g/mol. The van der Waals surface area contributed by atoms with Crippen LogP contribution in [-0.4, -0.2) is 38.1 Å². The summed E-state index contributed by atoms with van der Waals surface area (Å²) >= 11 is 0. The maximum absolute atomic E-state index is 12.5. The Balaban J connectivity index is 1.92. The number of hydrogen-bond acceptors (Lipinski definition) is 5. The van der Waals surface area contributed by atoms with Crippen molar-refractivity contribution < 1.29 is 13.2 Å². The monoisotopic (exact) mass is 326 g/mol. The smallest absolute Gasteiger partial charge is 0.178 e. The summed E-state index contributed by atoms with van der Waals surface area (Å²) in [6.07, 6.45) is 4.69. The summed E-state index contributed by atoms with van der Waals surface area (Å²) in [5.41, 5.74) is 6.21. The van der Waals surface area contributed by atoms with Crippen LogP contribution in [0.2, 0.25) is 0 Å². The zero-order valence-corrected chi connectivity index (χ0v) is 13.5. The molecule has 3 aliphatic rings. The van der Waals surface area contributed by atoms with Crippen molar-refractivity contribution in [2.24, 2.45) is 16.1 Å². The number of ketones is 1. The first-order chi connectivity index (χ1) is 10.9. The Labute approximate surface area is 134 Å². The molecule has 0 N–H and O–H groups in total. The van der Waals surface area contributed by atoms with E-state index in [1.165, 1.54) is 0 Å². The normalized spacial score (nSPS) is 21.0. The van der Waals surface area contributed by atoms with Gasteiger partial charge in [-0.1, -0.05) is 31.2 Å². The number of hydrogen-bond donors (Lipinski definition) is 0. The van der Waals surface area contributed by atoms with Gasteiger partial charge in [0.2, 0.25) is 0 Å². The van der Waals surface area contributed by atoms with E-state index in [9.17, 15) is 13.2 Å². The van der Waals surface area contributed by atoms with Gasteiger partial charge in [0.1, 0.15) is 11.5 Å². The highest BCUT2D eigenvalue weighted by molar-refractivity contribution is 7.91. The van der Waals surface area contributed by atoms with Gasteiger partial charge in [0, 0.05) is 28.9 Å². The Morgan fingerprint density at radius 1 is 1.26 bits per heavy atom. The van der Waals surface area contributed by atoms with Crippen LogP contribution in [0.25, 0.3) is 11.1 Å². The Hall–Kier alpha value is -2.34. The lowest BCUT2D eigenvalue weighted by molar-refractivity contribution is -0.111. The standard InChI is InChI=1S/C17H14N2O3S/c1-9-6-12(14(20)8-23(2,21)22)10-4-3-5-11-16(10)15(9)13-7-18-19-17(11)13/h3-7,9H,8H2,1-2H3. The summed E-state index contributed by atoms with van der Waals surface area (Å²) < 4.78 is 23.0. The molecule has 1 unspecified atom stereocenters.